The van der Waals surface area contributed by atoms with Crippen LogP contribution in [0.3, 0.4) is 0 Å². The molecule has 30 N–H and O–H groups in total. The highest BCUT2D eigenvalue weighted by molar-refractivity contribution is 6.25. The molecule has 0 unspecified atom stereocenters. The van der Waals surface area contributed by atoms with Gasteiger partial charge in [0, 0.05) is 394 Å². The molecule has 16 amide bonds. The number of carbonyl (C=O) groups is 16. The minimum atomic E-state index is -0.508. The van der Waals surface area contributed by atoms with Crippen LogP contribution in [0.5, 0.6) is 0 Å². The number of amides is 16. The number of nitrogens with one attached hydrogen (secondary N) is 14. The molecule has 0 saturated carbocycles. The maximum absolute atomic E-state index is 14.2. The summed E-state index contributed by atoms with van der Waals surface area (Å²) in [5.74, 6) is -4.91. The van der Waals surface area contributed by atoms with Crippen LogP contribution in [0.1, 0.15) is 111 Å². The largest absolute Gasteiger partial charge is 0.355 e. The molecule has 0 aromatic heterocycles. The van der Waals surface area contributed by atoms with E-state index in [1.54, 1.807) is 29.2 Å². The molecule has 0 radical (unpaired) electrons. The Labute approximate surface area is 763 Å². The van der Waals surface area contributed by atoms with Gasteiger partial charge in [0.05, 0.1) is 0 Å². The Bertz CT molecular complexity index is 3270. The monoisotopic (exact) mass is 1840 g/mol. The fourth-order valence-corrected chi connectivity index (χ4v) is 13.6. The molecular formula is C84H152N30O16. The predicted molar refractivity (Wildman–Crippen MR) is 494 cm³/mol. The number of hydrogen-bond donors (Lipinski definition) is 22. The van der Waals surface area contributed by atoms with Gasteiger partial charge in [-0.3, -0.25) is 81.6 Å². The molecule has 46 heteroatoms. The van der Waals surface area contributed by atoms with Crippen LogP contribution in [0, 0.1) is 0 Å². The third-order valence-electron chi connectivity index (χ3n) is 20.9. The maximum atomic E-state index is 14.2. The van der Waals surface area contributed by atoms with Crippen LogP contribution in [0.15, 0.2) is 36.4 Å². The molecule has 0 bridgehead atoms. The molecule has 0 saturated heterocycles. The molecule has 1 heterocycles. The lowest BCUT2D eigenvalue weighted by atomic mass is 9.94. The quantitative estimate of drug-likeness (QED) is 0.0274. The Morgan fingerprint density at radius 2 is 0.354 bits per heavy atom. The summed E-state index contributed by atoms with van der Waals surface area (Å²) in [6.07, 6.45) is 0.664. The van der Waals surface area contributed by atoms with Crippen LogP contribution >= 0.6 is 0 Å². The molecule has 1 aliphatic rings. The second-order valence-corrected chi connectivity index (χ2v) is 31.1. The average Bonchev–Trinajstić information content (AvgIpc) is 0.749. The van der Waals surface area contributed by atoms with Crippen molar-refractivity contribution in [2.75, 3.05) is 288 Å². The molecular weight excluding hydrogens is 1690 g/mol. The highest BCUT2D eigenvalue weighted by Gasteiger charge is 2.33. The highest BCUT2D eigenvalue weighted by Crippen LogP contribution is 2.30. The Morgan fingerprint density at radius 3 is 0.508 bits per heavy atom. The minimum Gasteiger partial charge on any atom is -0.355 e. The number of nitrogens with zero attached hydrogens (tertiary/aromatic N) is 8. The summed E-state index contributed by atoms with van der Waals surface area (Å²) in [6, 6.07) is 10.4. The van der Waals surface area contributed by atoms with E-state index in [9.17, 15) is 76.7 Å². The third-order valence-corrected chi connectivity index (χ3v) is 20.9. The molecule has 3 rings (SSSR count). The van der Waals surface area contributed by atoms with Crippen LogP contribution in [0.25, 0.3) is 10.8 Å². The summed E-state index contributed by atoms with van der Waals surface area (Å²) in [5, 5.41) is 40.7. The van der Waals surface area contributed by atoms with E-state index in [1.165, 1.54) is 0 Å². The van der Waals surface area contributed by atoms with Gasteiger partial charge in [0.2, 0.25) is 82.7 Å². The fourth-order valence-electron chi connectivity index (χ4n) is 13.6. The zero-order valence-corrected chi connectivity index (χ0v) is 76.2. The molecule has 2 aromatic rings. The number of rotatable bonds is 79. The number of imide groups is 1. The van der Waals surface area contributed by atoms with E-state index in [-0.39, 0.29) is 318 Å². The summed E-state index contributed by atoms with van der Waals surface area (Å²) in [6.45, 7) is 9.85. The van der Waals surface area contributed by atoms with Crippen molar-refractivity contribution in [1.82, 2.24) is 114 Å². The van der Waals surface area contributed by atoms with E-state index in [2.05, 4.69) is 74.4 Å². The number of benzene rings is 2. The van der Waals surface area contributed by atoms with Crippen LogP contribution in [0.2, 0.25) is 0 Å². The van der Waals surface area contributed by atoms with Gasteiger partial charge in [-0.1, -0.05) is 24.3 Å². The van der Waals surface area contributed by atoms with Gasteiger partial charge in [0.25, 0.3) is 11.8 Å². The van der Waals surface area contributed by atoms with Crippen molar-refractivity contribution in [1.29, 1.82) is 0 Å². The van der Waals surface area contributed by atoms with Crippen molar-refractivity contribution in [2.24, 2.45) is 45.9 Å². The Balaban J connectivity index is 1.86. The molecule has 734 valence electrons. The zero-order valence-electron chi connectivity index (χ0n) is 76.2. The van der Waals surface area contributed by atoms with Crippen molar-refractivity contribution in [3.05, 3.63) is 47.5 Å². The van der Waals surface area contributed by atoms with E-state index in [0.717, 1.165) is 10.3 Å². The summed E-state index contributed by atoms with van der Waals surface area (Å²) in [7, 11) is 0. The molecule has 2 aromatic carbocycles. The predicted octanol–water partition coefficient (Wildman–Crippen LogP) is -10.7. The third kappa shape index (κ3) is 53.8. The summed E-state index contributed by atoms with van der Waals surface area (Å²) in [5.41, 5.74) is 45.3. The first kappa shape index (κ1) is 114. The van der Waals surface area contributed by atoms with Gasteiger partial charge in [0.1, 0.15) is 0 Å². The second-order valence-electron chi connectivity index (χ2n) is 31.1. The van der Waals surface area contributed by atoms with Gasteiger partial charge in [-0.15, -0.1) is 0 Å². The Hall–Kier alpha value is -10.2. The minimum absolute atomic E-state index is 0.0262. The fraction of sp³-hybridized carbons (Fsp3) is 0.690. The maximum Gasteiger partial charge on any atom is 0.261 e. The van der Waals surface area contributed by atoms with E-state index in [0.29, 0.717) is 147 Å². The van der Waals surface area contributed by atoms with E-state index in [4.69, 9.17) is 45.9 Å². The number of hydrogen-bond acceptors (Lipinski definition) is 31. The molecule has 0 atom stereocenters. The van der Waals surface area contributed by atoms with Crippen molar-refractivity contribution >= 4 is 105 Å². The van der Waals surface area contributed by atoms with E-state index in [1.807, 2.05) is 41.5 Å². The lowest BCUT2D eigenvalue weighted by Crippen LogP contribution is -2.46. The first-order chi connectivity index (χ1) is 62.8. The second kappa shape index (κ2) is 71.6. The van der Waals surface area contributed by atoms with Crippen molar-refractivity contribution in [3.8, 4) is 0 Å². The average molecular weight is 1840 g/mol. The van der Waals surface area contributed by atoms with Gasteiger partial charge in [-0.05, 0) is 17.5 Å². The lowest BCUT2D eigenvalue weighted by molar-refractivity contribution is -0.123. The summed E-state index contributed by atoms with van der Waals surface area (Å²) in [4.78, 5) is 225. The first-order valence-electron chi connectivity index (χ1n) is 45.6. The lowest BCUT2D eigenvalue weighted by Gasteiger charge is -2.30. The van der Waals surface area contributed by atoms with Crippen LogP contribution in [0.4, 0.5) is 0 Å². The van der Waals surface area contributed by atoms with Gasteiger partial charge in [0.15, 0.2) is 0 Å². The van der Waals surface area contributed by atoms with E-state index < -0.39 is 23.6 Å². The topological polar surface area (TPSA) is 676 Å². The van der Waals surface area contributed by atoms with Crippen molar-refractivity contribution in [3.63, 3.8) is 0 Å². The SMILES string of the molecule is NCCNC(=O)CCN(CCNC(=O)CCN(CCNC(=O)CCN(CCC(=O)NCCN(CCC(=O)NCCN(CCC(=O)NCCN)CCC(=O)NCCN)CCC(=O)NCCN(CCC(=O)NCCN)CCC(=O)NCCN)CCN1C(=O)c2cccc3cccc(c23)C1=O)CCC(=O)NCCN(CCC(=O)NCCN)CCC(=O)NCCN)CCC(=O)NCCN. The molecule has 0 fully saturated rings. The van der Waals surface area contributed by atoms with Crippen molar-refractivity contribution < 1.29 is 76.7 Å². The zero-order chi connectivity index (χ0) is 95.3. The van der Waals surface area contributed by atoms with Crippen LogP contribution < -0.4 is 120 Å². The van der Waals surface area contributed by atoms with Gasteiger partial charge >= 0.3 is 0 Å². The van der Waals surface area contributed by atoms with Crippen LogP contribution in [-0.4, -0.2) is 422 Å². The number of nitrogens with two attached hydrogens (primary N) is 8. The van der Waals surface area contributed by atoms with Crippen molar-refractivity contribution in [2.45, 2.75) is 89.9 Å². The Morgan fingerprint density at radius 1 is 0.208 bits per heavy atom. The summed E-state index contributed by atoms with van der Waals surface area (Å²) < 4.78 is 0. The summed E-state index contributed by atoms with van der Waals surface area (Å²) >= 11 is 0. The normalized spacial score (nSPS) is 11.8. The highest BCUT2D eigenvalue weighted by atomic mass is 16.2. The Kier molecular flexibility index (Phi) is 62.7. The van der Waals surface area contributed by atoms with Gasteiger partial charge in [-0.25, -0.2) is 0 Å². The molecule has 1 aliphatic heterocycles. The van der Waals surface area contributed by atoms with Gasteiger partial charge in [-0.2, -0.15) is 0 Å². The number of carbonyl (C=O) groups excluding carboxylic acids is 16. The molecule has 0 spiro atoms. The molecule has 46 nitrogen and oxygen atoms in total. The van der Waals surface area contributed by atoms with Crippen LogP contribution in [-0.2, 0) is 67.1 Å². The first-order valence-corrected chi connectivity index (χ1v) is 45.6. The smallest absolute Gasteiger partial charge is 0.261 e. The standard InChI is InChI=1S/C84H152N30O16/c85-21-29-93-68(115)7-43-107(44-8-69(116)94-30-22-86)57-37-101-76(123)15-51-111(52-16-77(124)102-38-58-108(45-9-70(117)95-31-23-87)46-10-71(118)96-32-24-88)61-41-105-80(127)19-55-113(63-64-114-83(129)66-5-1-3-65-4-2-6-67(82(65)66)84(114)130)56-20-81(128)106-42-62-112(53-17-78(125)103-39-59-109(47-11-72(119)97-33-25-89)48-12-73(120)98-34-26-90)54-18-79(126)104-40-60-110(49-13-74(121)99-35-27-91)50-14-75(122)100-36-28-92/h1-6H,7-64,85-92H2,(H,93,115)(H,94,116)(H,95,117)(H,96,118)(H,97,119)(H,98,120)(H,99,121)(H,100,122)(H,101,123)(H,102,124)(H,103,125)(H,104,126)(H,105,127)(H,106,128). The molecule has 130 heavy (non-hydrogen) atoms. The van der Waals surface area contributed by atoms with Gasteiger partial charge < -0.3 is 155 Å². The van der Waals surface area contributed by atoms with E-state index >= 15 is 0 Å². The molecule has 0 aliphatic carbocycles.